The lowest BCUT2D eigenvalue weighted by Crippen LogP contribution is -2.37. The van der Waals surface area contributed by atoms with Crippen molar-refractivity contribution in [1.29, 1.82) is 0 Å². The van der Waals surface area contributed by atoms with Crippen LogP contribution < -0.4 is 5.32 Å². The molecule has 0 atom stereocenters. The summed E-state index contributed by atoms with van der Waals surface area (Å²) in [5.74, 6) is 0.474. The molecule has 0 bridgehead atoms. The highest BCUT2D eigenvalue weighted by atomic mass is 16.5. The summed E-state index contributed by atoms with van der Waals surface area (Å²) in [6.07, 6.45) is 3.26. The minimum absolute atomic E-state index is 0.0734. The van der Waals surface area contributed by atoms with Crippen molar-refractivity contribution in [3.8, 4) is 11.1 Å². The summed E-state index contributed by atoms with van der Waals surface area (Å²) in [7, 11) is 0. The molecule has 0 radical (unpaired) electrons. The van der Waals surface area contributed by atoms with E-state index in [1.54, 1.807) is 10.9 Å². The van der Waals surface area contributed by atoms with E-state index in [1.165, 1.54) is 22.3 Å². The van der Waals surface area contributed by atoms with E-state index in [1.807, 2.05) is 24.3 Å². The summed E-state index contributed by atoms with van der Waals surface area (Å²) in [6, 6.07) is 16.9. The van der Waals surface area contributed by atoms with Gasteiger partial charge in [-0.3, -0.25) is 0 Å². The maximum atomic E-state index is 12.3. The first-order chi connectivity index (χ1) is 14.7. The Morgan fingerprint density at radius 3 is 2.40 bits per heavy atom. The largest absolute Gasteiger partial charge is 0.449 e. The van der Waals surface area contributed by atoms with Crippen LogP contribution in [0, 0.1) is 5.92 Å². The number of fused-ring (bicyclic) bond motifs is 3. The molecule has 1 aromatic heterocycles. The zero-order valence-electron chi connectivity index (χ0n) is 16.6. The van der Waals surface area contributed by atoms with E-state index in [2.05, 4.69) is 39.9 Å². The normalized spacial score (nSPS) is 19.6. The van der Waals surface area contributed by atoms with Gasteiger partial charge in [0.1, 0.15) is 12.3 Å². The van der Waals surface area contributed by atoms with Crippen LogP contribution >= 0.6 is 0 Å². The van der Waals surface area contributed by atoms with Gasteiger partial charge in [-0.1, -0.05) is 53.7 Å². The van der Waals surface area contributed by atoms with E-state index in [9.17, 15) is 4.79 Å². The number of aliphatic hydroxyl groups is 1. The van der Waals surface area contributed by atoms with Crippen LogP contribution in [0.25, 0.3) is 11.1 Å². The van der Waals surface area contributed by atoms with Crippen LogP contribution in [0.2, 0.25) is 0 Å². The minimum atomic E-state index is -0.372. The van der Waals surface area contributed by atoms with Gasteiger partial charge in [0.25, 0.3) is 0 Å². The molecule has 1 fully saturated rings. The summed E-state index contributed by atoms with van der Waals surface area (Å²) in [5.41, 5.74) is 5.45. The van der Waals surface area contributed by atoms with Crippen molar-refractivity contribution in [2.75, 3.05) is 13.2 Å². The molecule has 2 aliphatic carbocycles. The maximum Gasteiger partial charge on any atom is 0.407 e. The second-order valence-corrected chi connectivity index (χ2v) is 8.05. The maximum absolute atomic E-state index is 12.3. The topological polar surface area (TPSA) is 89.3 Å². The number of alkyl carbamates (subject to hydrolysis) is 1. The standard InChI is InChI=1S/C23H24N4O3/c28-13-16-12-27(26-25-16)17-9-15(10-17)11-24-23(29)30-14-22-20-7-3-1-5-18(20)19-6-2-4-8-21(19)22/h1-8,12,15,17,22,28H,9-11,13-14H2,(H,24,29). The molecular formula is C23H24N4O3. The van der Waals surface area contributed by atoms with Crippen LogP contribution in [0.5, 0.6) is 0 Å². The Kier molecular flexibility index (Phi) is 4.96. The molecule has 7 nitrogen and oxygen atoms in total. The van der Waals surface area contributed by atoms with Crippen LogP contribution in [0.15, 0.2) is 54.7 Å². The van der Waals surface area contributed by atoms with Crippen molar-refractivity contribution >= 4 is 6.09 Å². The number of amides is 1. The van der Waals surface area contributed by atoms with Gasteiger partial charge in [-0.2, -0.15) is 0 Å². The number of ether oxygens (including phenoxy) is 1. The fraction of sp³-hybridized carbons (Fsp3) is 0.348. The number of hydrogen-bond acceptors (Lipinski definition) is 5. The lowest BCUT2D eigenvalue weighted by molar-refractivity contribution is 0.131. The molecule has 5 rings (SSSR count). The summed E-state index contributed by atoms with van der Waals surface area (Å²) in [6.45, 7) is 0.824. The number of aliphatic hydroxyl groups excluding tert-OH is 1. The lowest BCUT2D eigenvalue weighted by atomic mass is 9.80. The van der Waals surface area contributed by atoms with E-state index in [4.69, 9.17) is 9.84 Å². The molecule has 0 spiro atoms. The Morgan fingerprint density at radius 1 is 1.10 bits per heavy atom. The predicted molar refractivity (Wildman–Crippen MR) is 111 cm³/mol. The molecule has 3 aromatic rings. The highest BCUT2D eigenvalue weighted by Crippen LogP contribution is 2.44. The highest BCUT2D eigenvalue weighted by molar-refractivity contribution is 5.79. The number of aromatic nitrogens is 3. The third kappa shape index (κ3) is 3.45. The van der Waals surface area contributed by atoms with Gasteiger partial charge in [0, 0.05) is 12.5 Å². The van der Waals surface area contributed by atoms with Crippen molar-refractivity contribution in [3.63, 3.8) is 0 Å². The van der Waals surface area contributed by atoms with Crippen LogP contribution in [0.4, 0.5) is 4.79 Å². The molecule has 0 aliphatic heterocycles. The number of nitrogens with one attached hydrogen (secondary N) is 1. The Balaban J connectivity index is 1.12. The number of carbonyl (C=O) groups excluding carboxylic acids is 1. The Hall–Kier alpha value is -3.19. The van der Waals surface area contributed by atoms with E-state index in [0.29, 0.717) is 24.8 Å². The molecule has 0 saturated heterocycles. The molecule has 1 heterocycles. The fourth-order valence-electron chi connectivity index (χ4n) is 4.52. The fourth-order valence-corrected chi connectivity index (χ4v) is 4.52. The average molecular weight is 404 g/mol. The third-order valence-corrected chi connectivity index (χ3v) is 6.18. The van der Waals surface area contributed by atoms with Crippen LogP contribution in [0.3, 0.4) is 0 Å². The van der Waals surface area contributed by atoms with Crippen LogP contribution in [-0.4, -0.2) is 39.3 Å². The molecule has 30 heavy (non-hydrogen) atoms. The molecular weight excluding hydrogens is 380 g/mol. The summed E-state index contributed by atoms with van der Waals surface area (Å²) in [4.78, 5) is 12.3. The zero-order valence-corrected chi connectivity index (χ0v) is 16.6. The number of benzene rings is 2. The Morgan fingerprint density at radius 2 is 1.77 bits per heavy atom. The highest BCUT2D eigenvalue weighted by Gasteiger charge is 2.32. The molecule has 154 valence electrons. The van der Waals surface area contributed by atoms with E-state index >= 15 is 0 Å². The minimum Gasteiger partial charge on any atom is -0.449 e. The second-order valence-electron chi connectivity index (χ2n) is 8.05. The van der Waals surface area contributed by atoms with Gasteiger partial charge in [0.2, 0.25) is 0 Å². The van der Waals surface area contributed by atoms with Crippen molar-refractivity contribution in [2.24, 2.45) is 5.92 Å². The number of carbonyl (C=O) groups is 1. The van der Waals surface area contributed by atoms with Gasteiger partial charge in [0.05, 0.1) is 18.8 Å². The summed E-state index contributed by atoms with van der Waals surface area (Å²) >= 11 is 0. The molecule has 2 aliphatic rings. The summed E-state index contributed by atoms with van der Waals surface area (Å²) < 4.78 is 7.38. The van der Waals surface area contributed by atoms with Gasteiger partial charge in [-0.05, 0) is 41.0 Å². The Bertz CT molecular complexity index is 1010. The van der Waals surface area contributed by atoms with Gasteiger partial charge in [-0.15, -0.1) is 5.10 Å². The van der Waals surface area contributed by atoms with Gasteiger partial charge in [0.15, 0.2) is 0 Å². The van der Waals surface area contributed by atoms with E-state index < -0.39 is 0 Å². The van der Waals surface area contributed by atoms with Gasteiger partial charge < -0.3 is 15.2 Å². The quantitative estimate of drug-likeness (QED) is 0.658. The predicted octanol–water partition coefficient (Wildman–Crippen LogP) is 3.26. The molecule has 1 saturated carbocycles. The molecule has 1 amide bonds. The molecule has 2 aromatic carbocycles. The van der Waals surface area contributed by atoms with Crippen LogP contribution in [0.1, 0.15) is 41.6 Å². The van der Waals surface area contributed by atoms with Gasteiger partial charge >= 0.3 is 6.09 Å². The Labute approximate surface area is 174 Å². The molecule has 7 heteroatoms. The van der Waals surface area contributed by atoms with Gasteiger partial charge in [-0.25, -0.2) is 9.48 Å². The van der Waals surface area contributed by atoms with Crippen molar-refractivity contribution in [1.82, 2.24) is 20.3 Å². The van der Waals surface area contributed by atoms with Crippen molar-refractivity contribution in [3.05, 3.63) is 71.5 Å². The van der Waals surface area contributed by atoms with E-state index in [0.717, 1.165) is 12.8 Å². The summed E-state index contributed by atoms with van der Waals surface area (Å²) in [5, 5.41) is 19.9. The second kappa shape index (κ2) is 7.91. The van der Waals surface area contributed by atoms with Crippen molar-refractivity contribution < 1.29 is 14.6 Å². The first-order valence-corrected chi connectivity index (χ1v) is 10.3. The van der Waals surface area contributed by atoms with Crippen LogP contribution in [-0.2, 0) is 11.3 Å². The smallest absolute Gasteiger partial charge is 0.407 e. The first kappa shape index (κ1) is 18.8. The molecule has 0 unspecified atom stereocenters. The zero-order chi connectivity index (χ0) is 20.5. The number of nitrogens with zero attached hydrogens (tertiary/aromatic N) is 3. The number of rotatable bonds is 6. The third-order valence-electron chi connectivity index (χ3n) is 6.18. The lowest BCUT2D eigenvalue weighted by Gasteiger charge is -2.34. The first-order valence-electron chi connectivity index (χ1n) is 10.3. The molecule has 2 N–H and O–H groups in total. The van der Waals surface area contributed by atoms with Crippen molar-refractivity contribution in [2.45, 2.75) is 31.4 Å². The monoisotopic (exact) mass is 404 g/mol. The number of hydrogen-bond donors (Lipinski definition) is 2. The average Bonchev–Trinajstić information content (AvgIpc) is 3.34. The SMILES string of the molecule is O=C(NCC1CC(n2cc(CO)nn2)C1)OCC1c2ccccc2-c2ccccc21. The van der Waals surface area contributed by atoms with E-state index in [-0.39, 0.29) is 24.7 Å².